The lowest BCUT2D eigenvalue weighted by atomic mass is 9.83. The van der Waals surface area contributed by atoms with Gasteiger partial charge in [0.1, 0.15) is 0 Å². The molecule has 0 spiro atoms. The van der Waals surface area contributed by atoms with Crippen molar-refractivity contribution in [3.8, 4) is 44.5 Å². The van der Waals surface area contributed by atoms with Crippen LogP contribution in [0.3, 0.4) is 0 Å². The molecule has 0 atom stereocenters. The Bertz CT molecular complexity index is 3020. The average molecular weight is 683 g/mol. The second-order valence-corrected chi connectivity index (χ2v) is 14.4. The zero-order valence-electron chi connectivity index (χ0n) is 29.6. The maximum atomic E-state index is 2.43. The van der Waals surface area contributed by atoms with Crippen LogP contribution in [0.25, 0.3) is 109 Å². The summed E-state index contributed by atoms with van der Waals surface area (Å²) in [5.74, 6) is 0. The second-order valence-electron chi connectivity index (χ2n) is 14.4. The molecule has 0 saturated heterocycles. The van der Waals surface area contributed by atoms with Crippen molar-refractivity contribution in [1.82, 2.24) is 0 Å². The van der Waals surface area contributed by atoms with E-state index >= 15 is 0 Å². The normalized spacial score (nSPS) is 11.7. The predicted octanol–water partition coefficient (Wildman–Crippen LogP) is 15.3. The highest BCUT2D eigenvalue weighted by molar-refractivity contribution is 6.23. The quantitative estimate of drug-likeness (QED) is 0.128. The van der Waals surface area contributed by atoms with Gasteiger partial charge < -0.3 is 0 Å². The standard InChI is InChI=1S/C54H34/c1-3-13-39(14-4-1)53-47-29-27-44(42-26-24-38-22-20-36-12-8-10-18-46(36)50(38)32-42)34-52(47)54(40-15-5-2-6-16-40)48-30-28-43(33-51(48)53)41-25-23-37-21-19-35-11-7-9-17-45(35)49(37)31-41/h1-34H. The Morgan fingerprint density at radius 1 is 0.167 bits per heavy atom. The van der Waals surface area contributed by atoms with E-state index in [9.17, 15) is 0 Å². The molecule has 0 heteroatoms. The molecule has 11 rings (SSSR count). The molecule has 0 aliphatic carbocycles. The van der Waals surface area contributed by atoms with Crippen molar-refractivity contribution in [2.75, 3.05) is 0 Å². The summed E-state index contributed by atoms with van der Waals surface area (Å²) in [4.78, 5) is 0. The number of hydrogen-bond donors (Lipinski definition) is 0. The fourth-order valence-corrected chi connectivity index (χ4v) is 8.78. The van der Waals surface area contributed by atoms with Crippen LogP contribution in [0, 0.1) is 0 Å². The van der Waals surface area contributed by atoms with E-state index in [1.54, 1.807) is 0 Å². The molecule has 0 aliphatic rings. The van der Waals surface area contributed by atoms with Crippen LogP contribution in [0.1, 0.15) is 0 Å². The Kier molecular flexibility index (Phi) is 6.97. The number of rotatable bonds is 4. The molecule has 11 aromatic rings. The Labute approximate surface area is 314 Å². The molecular formula is C54H34. The summed E-state index contributed by atoms with van der Waals surface area (Å²) in [6.45, 7) is 0. The monoisotopic (exact) mass is 682 g/mol. The van der Waals surface area contributed by atoms with E-state index in [2.05, 4.69) is 206 Å². The van der Waals surface area contributed by atoms with Crippen LogP contribution in [0.4, 0.5) is 0 Å². The smallest absolute Gasteiger partial charge is 0.00261 e. The van der Waals surface area contributed by atoms with E-state index in [0.29, 0.717) is 0 Å². The highest BCUT2D eigenvalue weighted by atomic mass is 14.2. The van der Waals surface area contributed by atoms with Gasteiger partial charge in [0.25, 0.3) is 0 Å². The summed E-state index contributed by atoms with van der Waals surface area (Å²) in [5.41, 5.74) is 9.85. The van der Waals surface area contributed by atoms with Crippen molar-refractivity contribution < 1.29 is 0 Å². The fraction of sp³-hybridized carbons (Fsp3) is 0. The molecule has 0 unspecified atom stereocenters. The van der Waals surface area contributed by atoms with E-state index in [0.717, 1.165) is 0 Å². The third-order valence-corrected chi connectivity index (χ3v) is 11.4. The third kappa shape index (κ3) is 4.92. The van der Waals surface area contributed by atoms with Crippen molar-refractivity contribution >= 4 is 64.6 Å². The minimum absolute atomic E-state index is 1.22. The van der Waals surface area contributed by atoms with Gasteiger partial charge in [0.15, 0.2) is 0 Å². The molecule has 0 aromatic heterocycles. The van der Waals surface area contributed by atoms with E-state index in [1.165, 1.54) is 109 Å². The fourth-order valence-electron chi connectivity index (χ4n) is 8.78. The molecule has 250 valence electrons. The van der Waals surface area contributed by atoms with E-state index in [-0.39, 0.29) is 0 Å². The first-order valence-corrected chi connectivity index (χ1v) is 18.7. The molecule has 0 radical (unpaired) electrons. The summed E-state index contributed by atoms with van der Waals surface area (Å²) in [6.07, 6.45) is 0. The van der Waals surface area contributed by atoms with Crippen LogP contribution < -0.4 is 0 Å². The Hall–Kier alpha value is -7.02. The summed E-state index contributed by atoms with van der Waals surface area (Å²) < 4.78 is 0. The predicted molar refractivity (Wildman–Crippen MR) is 233 cm³/mol. The van der Waals surface area contributed by atoms with Crippen LogP contribution in [-0.2, 0) is 0 Å². The molecule has 0 saturated carbocycles. The van der Waals surface area contributed by atoms with Crippen molar-refractivity contribution in [2.24, 2.45) is 0 Å². The van der Waals surface area contributed by atoms with Gasteiger partial charge in [-0.3, -0.25) is 0 Å². The van der Waals surface area contributed by atoms with Gasteiger partial charge in [0.2, 0.25) is 0 Å². The van der Waals surface area contributed by atoms with E-state index in [1.807, 2.05) is 0 Å². The van der Waals surface area contributed by atoms with Crippen molar-refractivity contribution in [3.63, 3.8) is 0 Å². The number of benzene rings is 11. The maximum absolute atomic E-state index is 2.43. The molecule has 0 fully saturated rings. The highest BCUT2D eigenvalue weighted by Crippen LogP contribution is 2.46. The lowest BCUT2D eigenvalue weighted by Gasteiger charge is -2.20. The Morgan fingerprint density at radius 3 is 0.907 bits per heavy atom. The number of fused-ring (bicyclic) bond motifs is 8. The molecule has 54 heavy (non-hydrogen) atoms. The molecule has 0 heterocycles. The maximum Gasteiger partial charge on any atom is -0.00261 e. The first kappa shape index (κ1) is 30.6. The Morgan fingerprint density at radius 2 is 0.481 bits per heavy atom. The lowest BCUT2D eigenvalue weighted by molar-refractivity contribution is 1.63. The lowest BCUT2D eigenvalue weighted by Crippen LogP contribution is -1.92. The third-order valence-electron chi connectivity index (χ3n) is 11.4. The van der Waals surface area contributed by atoms with Gasteiger partial charge in [0, 0.05) is 0 Å². The average Bonchev–Trinajstić information content (AvgIpc) is 3.25. The largest absolute Gasteiger partial charge is 0.0622 e. The minimum Gasteiger partial charge on any atom is -0.0622 e. The van der Waals surface area contributed by atoms with Gasteiger partial charge in [0.05, 0.1) is 0 Å². The molecule has 0 bridgehead atoms. The first-order chi connectivity index (χ1) is 26.8. The SMILES string of the molecule is c1ccc(-c2c3ccc(-c4ccc5ccc6ccccc6c5c4)cc3c(-c3ccccc3)c3ccc(-c4ccc5ccc6ccccc6c5c4)cc23)cc1. The van der Waals surface area contributed by atoms with E-state index < -0.39 is 0 Å². The molecule has 0 amide bonds. The van der Waals surface area contributed by atoms with Crippen molar-refractivity contribution in [3.05, 3.63) is 206 Å². The van der Waals surface area contributed by atoms with Crippen LogP contribution in [-0.4, -0.2) is 0 Å². The van der Waals surface area contributed by atoms with Gasteiger partial charge >= 0.3 is 0 Å². The molecule has 0 N–H and O–H groups in total. The van der Waals surface area contributed by atoms with Gasteiger partial charge in [-0.2, -0.15) is 0 Å². The summed E-state index contributed by atoms with van der Waals surface area (Å²) in [5, 5.41) is 15.2. The molecule has 0 nitrogen and oxygen atoms in total. The molecular weight excluding hydrogens is 649 g/mol. The van der Waals surface area contributed by atoms with Crippen LogP contribution >= 0.6 is 0 Å². The molecule has 11 aromatic carbocycles. The van der Waals surface area contributed by atoms with E-state index in [4.69, 9.17) is 0 Å². The number of hydrogen-bond acceptors (Lipinski definition) is 0. The minimum atomic E-state index is 1.22. The van der Waals surface area contributed by atoms with Gasteiger partial charge in [-0.25, -0.2) is 0 Å². The van der Waals surface area contributed by atoms with Gasteiger partial charge in [-0.1, -0.05) is 182 Å². The first-order valence-electron chi connectivity index (χ1n) is 18.7. The van der Waals surface area contributed by atoms with Gasteiger partial charge in [-0.15, -0.1) is 0 Å². The van der Waals surface area contributed by atoms with Gasteiger partial charge in [-0.05, 0) is 133 Å². The second kappa shape index (κ2) is 12.3. The van der Waals surface area contributed by atoms with Crippen molar-refractivity contribution in [2.45, 2.75) is 0 Å². The summed E-state index contributed by atoms with van der Waals surface area (Å²) in [6, 6.07) is 76.3. The topological polar surface area (TPSA) is 0 Å². The molecule has 0 aliphatic heterocycles. The zero-order chi connectivity index (χ0) is 35.6. The summed E-state index contributed by atoms with van der Waals surface area (Å²) in [7, 11) is 0. The summed E-state index contributed by atoms with van der Waals surface area (Å²) >= 11 is 0. The Balaban J connectivity index is 1.19. The van der Waals surface area contributed by atoms with Crippen LogP contribution in [0.5, 0.6) is 0 Å². The van der Waals surface area contributed by atoms with Crippen molar-refractivity contribution in [1.29, 1.82) is 0 Å². The zero-order valence-corrected chi connectivity index (χ0v) is 29.6. The van der Waals surface area contributed by atoms with Crippen LogP contribution in [0.2, 0.25) is 0 Å². The highest BCUT2D eigenvalue weighted by Gasteiger charge is 2.19. The van der Waals surface area contributed by atoms with Crippen LogP contribution in [0.15, 0.2) is 206 Å².